The molecule has 1 fully saturated rings. The molecule has 27 heavy (non-hydrogen) atoms. The Bertz CT molecular complexity index is 885. The summed E-state index contributed by atoms with van der Waals surface area (Å²) in [6, 6.07) is 11.1. The number of aryl methyl sites for hydroxylation is 1. The summed E-state index contributed by atoms with van der Waals surface area (Å²) in [6.45, 7) is 4.64. The highest BCUT2D eigenvalue weighted by Crippen LogP contribution is 2.17. The number of nitrogens with one attached hydrogen (secondary N) is 1. The van der Waals surface area contributed by atoms with E-state index in [0.717, 1.165) is 17.2 Å². The lowest BCUT2D eigenvalue weighted by Gasteiger charge is -2.34. The first-order valence-corrected chi connectivity index (χ1v) is 8.80. The second-order valence-electron chi connectivity index (χ2n) is 6.38. The molecular weight excluding hydrogens is 344 g/mol. The summed E-state index contributed by atoms with van der Waals surface area (Å²) in [5, 5.41) is 11.7. The highest BCUT2D eigenvalue weighted by molar-refractivity contribution is 5.91. The van der Waals surface area contributed by atoms with Gasteiger partial charge < -0.3 is 19.5 Å². The lowest BCUT2D eigenvalue weighted by Crippen LogP contribution is -2.49. The maximum atomic E-state index is 12.3. The largest absolute Gasteiger partial charge is 0.459 e. The van der Waals surface area contributed by atoms with Crippen LogP contribution in [0.5, 0.6) is 0 Å². The number of rotatable bonds is 4. The molecule has 4 heterocycles. The SMILES string of the molecule is Cc1ccc(Nc2ccc(N3CCN(C(=O)c4ccco4)CC3)nn2)nc1. The van der Waals surface area contributed by atoms with E-state index in [2.05, 4.69) is 25.4 Å². The minimum absolute atomic E-state index is 0.0733. The van der Waals surface area contributed by atoms with Gasteiger partial charge in [-0.2, -0.15) is 0 Å². The molecule has 8 nitrogen and oxygen atoms in total. The van der Waals surface area contributed by atoms with Gasteiger partial charge in [-0.1, -0.05) is 6.07 Å². The number of aromatic nitrogens is 3. The van der Waals surface area contributed by atoms with Crippen LogP contribution >= 0.6 is 0 Å². The molecule has 3 aromatic heterocycles. The van der Waals surface area contributed by atoms with Gasteiger partial charge in [-0.05, 0) is 42.8 Å². The van der Waals surface area contributed by atoms with Gasteiger partial charge in [-0.15, -0.1) is 10.2 Å². The first-order chi connectivity index (χ1) is 13.2. The van der Waals surface area contributed by atoms with E-state index in [0.29, 0.717) is 37.8 Å². The first-order valence-electron chi connectivity index (χ1n) is 8.80. The van der Waals surface area contributed by atoms with Crippen LogP contribution in [0, 0.1) is 6.92 Å². The molecule has 0 bridgehead atoms. The van der Waals surface area contributed by atoms with Crippen molar-refractivity contribution in [2.24, 2.45) is 0 Å². The van der Waals surface area contributed by atoms with Crippen LogP contribution in [0.15, 0.2) is 53.3 Å². The minimum atomic E-state index is -0.0733. The Morgan fingerprint density at radius 3 is 2.48 bits per heavy atom. The standard InChI is InChI=1S/C19H20N6O2/c1-14-4-5-16(20-13-14)21-17-6-7-18(23-22-17)24-8-10-25(11-9-24)19(26)15-3-2-12-27-15/h2-7,12-13H,8-11H2,1H3,(H,20,21,22). The zero-order valence-corrected chi connectivity index (χ0v) is 15.0. The maximum absolute atomic E-state index is 12.3. The van der Waals surface area contributed by atoms with E-state index in [4.69, 9.17) is 4.42 Å². The highest BCUT2D eigenvalue weighted by atomic mass is 16.3. The number of piperazine rings is 1. The van der Waals surface area contributed by atoms with E-state index in [-0.39, 0.29) is 5.91 Å². The van der Waals surface area contributed by atoms with Gasteiger partial charge >= 0.3 is 0 Å². The van der Waals surface area contributed by atoms with E-state index < -0.39 is 0 Å². The van der Waals surface area contributed by atoms with Gasteiger partial charge in [0, 0.05) is 32.4 Å². The molecule has 0 aliphatic carbocycles. The molecular formula is C19H20N6O2. The van der Waals surface area contributed by atoms with Crippen molar-refractivity contribution in [3.05, 3.63) is 60.2 Å². The lowest BCUT2D eigenvalue weighted by molar-refractivity contribution is 0.0714. The molecule has 0 radical (unpaired) electrons. The van der Waals surface area contributed by atoms with Crippen LogP contribution in [0.2, 0.25) is 0 Å². The fourth-order valence-electron chi connectivity index (χ4n) is 2.93. The Kier molecular flexibility index (Phi) is 4.69. The summed E-state index contributed by atoms with van der Waals surface area (Å²) in [4.78, 5) is 20.5. The van der Waals surface area contributed by atoms with Gasteiger partial charge in [-0.3, -0.25) is 4.79 Å². The van der Waals surface area contributed by atoms with Gasteiger partial charge in [0.2, 0.25) is 0 Å². The van der Waals surface area contributed by atoms with Crippen LogP contribution in [-0.4, -0.2) is 52.2 Å². The van der Waals surface area contributed by atoms with Crippen LogP contribution in [0.3, 0.4) is 0 Å². The second-order valence-corrected chi connectivity index (χ2v) is 6.38. The fraction of sp³-hybridized carbons (Fsp3) is 0.263. The lowest BCUT2D eigenvalue weighted by atomic mass is 10.3. The van der Waals surface area contributed by atoms with Crippen molar-refractivity contribution in [2.45, 2.75) is 6.92 Å². The fourth-order valence-corrected chi connectivity index (χ4v) is 2.93. The molecule has 0 unspecified atom stereocenters. The normalized spacial score (nSPS) is 14.3. The number of anilines is 3. The molecule has 0 saturated carbocycles. The molecule has 1 amide bonds. The van der Waals surface area contributed by atoms with E-state index in [1.165, 1.54) is 6.26 Å². The molecule has 0 atom stereocenters. The van der Waals surface area contributed by atoms with Crippen molar-refractivity contribution in [2.75, 3.05) is 36.4 Å². The average molecular weight is 364 g/mol. The summed E-state index contributed by atoms with van der Waals surface area (Å²) < 4.78 is 5.19. The van der Waals surface area contributed by atoms with Crippen LogP contribution in [0.1, 0.15) is 16.1 Å². The summed E-state index contributed by atoms with van der Waals surface area (Å²) in [7, 11) is 0. The summed E-state index contributed by atoms with van der Waals surface area (Å²) in [5.41, 5.74) is 1.10. The molecule has 138 valence electrons. The molecule has 8 heteroatoms. The van der Waals surface area contributed by atoms with Crippen molar-refractivity contribution in [3.63, 3.8) is 0 Å². The Hall–Kier alpha value is -3.42. The summed E-state index contributed by atoms with van der Waals surface area (Å²) >= 11 is 0. The predicted octanol–water partition coefficient (Wildman–Crippen LogP) is 2.48. The zero-order chi connectivity index (χ0) is 18.6. The zero-order valence-electron chi connectivity index (χ0n) is 15.0. The van der Waals surface area contributed by atoms with Gasteiger partial charge in [0.15, 0.2) is 17.4 Å². The van der Waals surface area contributed by atoms with Crippen LogP contribution in [0.4, 0.5) is 17.5 Å². The van der Waals surface area contributed by atoms with E-state index in [1.807, 2.05) is 31.2 Å². The number of nitrogens with zero attached hydrogens (tertiary/aromatic N) is 5. The second kappa shape index (κ2) is 7.45. The number of pyridine rings is 1. The monoisotopic (exact) mass is 364 g/mol. The number of hydrogen-bond donors (Lipinski definition) is 1. The smallest absolute Gasteiger partial charge is 0.289 e. The Morgan fingerprint density at radius 2 is 1.85 bits per heavy atom. The van der Waals surface area contributed by atoms with Crippen LogP contribution < -0.4 is 10.2 Å². The van der Waals surface area contributed by atoms with Gasteiger partial charge in [0.05, 0.1) is 6.26 Å². The minimum Gasteiger partial charge on any atom is -0.459 e. The molecule has 4 rings (SSSR count). The maximum Gasteiger partial charge on any atom is 0.289 e. The van der Waals surface area contributed by atoms with Crippen LogP contribution in [0.25, 0.3) is 0 Å². The molecule has 1 aliphatic heterocycles. The molecule has 0 aromatic carbocycles. The Labute approximate surface area is 156 Å². The van der Waals surface area contributed by atoms with E-state index >= 15 is 0 Å². The van der Waals surface area contributed by atoms with Crippen molar-refractivity contribution in [1.82, 2.24) is 20.1 Å². The average Bonchev–Trinajstić information content (AvgIpc) is 3.25. The van der Waals surface area contributed by atoms with Gasteiger partial charge in [0.25, 0.3) is 5.91 Å². The molecule has 1 saturated heterocycles. The van der Waals surface area contributed by atoms with Gasteiger partial charge in [-0.25, -0.2) is 4.98 Å². The summed E-state index contributed by atoms with van der Waals surface area (Å²) in [6.07, 6.45) is 3.31. The molecule has 3 aromatic rings. The Morgan fingerprint density at radius 1 is 1.04 bits per heavy atom. The number of furan rings is 1. The van der Waals surface area contributed by atoms with Crippen molar-refractivity contribution < 1.29 is 9.21 Å². The third kappa shape index (κ3) is 3.89. The highest BCUT2D eigenvalue weighted by Gasteiger charge is 2.24. The molecule has 1 N–H and O–H groups in total. The third-order valence-corrected chi connectivity index (χ3v) is 4.44. The van der Waals surface area contributed by atoms with E-state index in [9.17, 15) is 4.79 Å². The Balaban J connectivity index is 1.34. The van der Waals surface area contributed by atoms with E-state index in [1.54, 1.807) is 23.2 Å². The molecule has 1 aliphatic rings. The quantitative estimate of drug-likeness (QED) is 0.761. The number of carbonyl (C=O) groups excluding carboxylic acids is 1. The van der Waals surface area contributed by atoms with Crippen molar-refractivity contribution in [3.8, 4) is 0 Å². The number of carbonyl (C=O) groups is 1. The summed E-state index contributed by atoms with van der Waals surface area (Å²) in [5.74, 6) is 2.47. The first kappa shape index (κ1) is 17.0. The predicted molar refractivity (Wildman–Crippen MR) is 101 cm³/mol. The van der Waals surface area contributed by atoms with Crippen molar-refractivity contribution in [1.29, 1.82) is 0 Å². The molecule has 0 spiro atoms. The van der Waals surface area contributed by atoms with Crippen LogP contribution in [-0.2, 0) is 0 Å². The van der Waals surface area contributed by atoms with Gasteiger partial charge in [0.1, 0.15) is 5.82 Å². The number of hydrogen-bond acceptors (Lipinski definition) is 7. The number of amides is 1. The topological polar surface area (TPSA) is 87.4 Å². The third-order valence-electron chi connectivity index (χ3n) is 4.44. The van der Waals surface area contributed by atoms with Crippen molar-refractivity contribution >= 4 is 23.4 Å².